The van der Waals surface area contributed by atoms with Crippen molar-refractivity contribution in [2.45, 2.75) is 65.0 Å². The van der Waals surface area contributed by atoms with E-state index in [2.05, 4.69) is 55.5 Å². The number of amides is 2. The number of para-hydroxylation sites is 1. The number of carbonyl (C=O) groups is 2. The fourth-order valence-electron chi connectivity index (χ4n) is 5.86. The largest absolute Gasteiger partial charge is 0.491 e. The molecule has 0 aliphatic carbocycles. The number of piperidine rings is 1. The van der Waals surface area contributed by atoms with E-state index >= 15 is 0 Å². The molecule has 0 radical (unpaired) electrons. The van der Waals surface area contributed by atoms with Gasteiger partial charge in [0.25, 0.3) is 0 Å². The third kappa shape index (κ3) is 6.55. The summed E-state index contributed by atoms with van der Waals surface area (Å²) in [5, 5.41) is 5.95. The topological polar surface area (TPSA) is 88.5 Å². The molecule has 2 N–H and O–H groups in total. The molecule has 5 rings (SSSR count). The molecule has 0 saturated carbocycles. The molecule has 0 bridgehead atoms. The maximum absolute atomic E-state index is 13.7. The van der Waals surface area contributed by atoms with Gasteiger partial charge in [0.1, 0.15) is 24.2 Å². The number of aryl methyl sites for hydroxylation is 2. The molecule has 8 heteroatoms. The molecule has 2 aromatic heterocycles. The van der Waals surface area contributed by atoms with Gasteiger partial charge in [-0.1, -0.05) is 30.7 Å². The maximum atomic E-state index is 13.7. The Morgan fingerprint density at radius 3 is 2.65 bits per heavy atom. The molecule has 8 nitrogen and oxygen atoms in total. The number of nitrogens with one attached hydrogen (secondary N) is 2. The number of pyridine rings is 1. The minimum absolute atomic E-state index is 0.00792. The van der Waals surface area contributed by atoms with Crippen molar-refractivity contribution in [1.82, 2.24) is 25.1 Å². The summed E-state index contributed by atoms with van der Waals surface area (Å²) < 4.78 is 8.10. The third-order valence-electron chi connectivity index (χ3n) is 8.38. The Labute approximate surface area is 237 Å². The molecule has 212 valence electrons. The molecule has 4 heterocycles. The fraction of sp³-hybridized carbons (Fsp3) is 0.469. The summed E-state index contributed by atoms with van der Waals surface area (Å²) >= 11 is 0. The van der Waals surface area contributed by atoms with Crippen LogP contribution in [-0.4, -0.2) is 58.5 Å². The van der Waals surface area contributed by atoms with Gasteiger partial charge in [-0.3, -0.25) is 14.5 Å². The van der Waals surface area contributed by atoms with Crippen LogP contribution < -0.4 is 15.4 Å². The molecule has 1 atom stereocenters. The molecule has 1 aromatic carbocycles. The second-order valence-corrected chi connectivity index (χ2v) is 11.3. The number of aromatic nitrogens is 2. The molecule has 2 aliphatic heterocycles. The van der Waals surface area contributed by atoms with E-state index < -0.39 is 11.5 Å². The molecule has 3 aromatic rings. The van der Waals surface area contributed by atoms with Crippen molar-refractivity contribution in [1.29, 1.82) is 0 Å². The van der Waals surface area contributed by atoms with Gasteiger partial charge in [-0.15, -0.1) is 0 Å². The quantitative estimate of drug-likeness (QED) is 0.517. The van der Waals surface area contributed by atoms with E-state index in [9.17, 15) is 9.59 Å². The van der Waals surface area contributed by atoms with Crippen LogP contribution in [0, 0.1) is 12.3 Å². The van der Waals surface area contributed by atoms with Crippen molar-refractivity contribution < 1.29 is 14.3 Å². The van der Waals surface area contributed by atoms with E-state index in [1.165, 1.54) is 11.3 Å². The molecule has 1 fully saturated rings. The van der Waals surface area contributed by atoms with Gasteiger partial charge in [0.05, 0.1) is 12.0 Å². The number of ether oxygens (including phenoxy) is 1. The van der Waals surface area contributed by atoms with Gasteiger partial charge in [-0.05, 0) is 94.4 Å². The number of hydrogen-bond acceptors (Lipinski definition) is 5. The van der Waals surface area contributed by atoms with Gasteiger partial charge in [-0.2, -0.15) is 0 Å². The van der Waals surface area contributed by atoms with Gasteiger partial charge in [-0.25, -0.2) is 4.98 Å². The Bertz CT molecular complexity index is 1290. The van der Waals surface area contributed by atoms with Crippen LogP contribution in [0.2, 0.25) is 0 Å². The number of carbonyl (C=O) groups excluding carboxylic acids is 2. The first-order valence-electron chi connectivity index (χ1n) is 14.5. The highest BCUT2D eigenvalue weighted by Gasteiger charge is 2.41. The first kappa shape index (κ1) is 27.9. The molecule has 2 aliphatic rings. The van der Waals surface area contributed by atoms with Crippen LogP contribution in [-0.2, 0) is 22.6 Å². The molecule has 40 heavy (non-hydrogen) atoms. The van der Waals surface area contributed by atoms with Gasteiger partial charge < -0.3 is 19.9 Å². The van der Waals surface area contributed by atoms with Crippen LogP contribution >= 0.6 is 0 Å². The number of fused-ring (bicyclic) bond motifs is 1. The summed E-state index contributed by atoms with van der Waals surface area (Å²) in [6, 6.07) is 15.9. The van der Waals surface area contributed by atoms with Crippen molar-refractivity contribution >= 4 is 11.8 Å². The lowest BCUT2D eigenvalue weighted by molar-refractivity contribution is -0.138. The Morgan fingerprint density at radius 2 is 1.85 bits per heavy atom. The van der Waals surface area contributed by atoms with E-state index in [0.717, 1.165) is 75.3 Å². The van der Waals surface area contributed by atoms with Crippen molar-refractivity contribution in [3.63, 3.8) is 0 Å². The van der Waals surface area contributed by atoms with Gasteiger partial charge >= 0.3 is 0 Å². The number of likely N-dealkylation sites (tertiary alicyclic amines) is 1. The number of benzene rings is 1. The van der Waals surface area contributed by atoms with Crippen LogP contribution in [0.1, 0.15) is 55.8 Å². The molecular formula is C32H41N5O3. The molecule has 1 spiro atoms. The Kier molecular flexibility index (Phi) is 8.85. The summed E-state index contributed by atoms with van der Waals surface area (Å²) in [5.74, 6) is 1.62. The monoisotopic (exact) mass is 543 g/mol. The lowest BCUT2D eigenvalue weighted by Gasteiger charge is -2.41. The summed E-state index contributed by atoms with van der Waals surface area (Å²) in [5.41, 5.74) is 3.03. The average Bonchev–Trinajstić information content (AvgIpc) is 3.42. The highest BCUT2D eigenvalue weighted by molar-refractivity contribution is 5.90. The minimum Gasteiger partial charge on any atom is -0.491 e. The van der Waals surface area contributed by atoms with Gasteiger partial charge in [0, 0.05) is 24.6 Å². The zero-order valence-electron chi connectivity index (χ0n) is 23.7. The van der Waals surface area contributed by atoms with Gasteiger partial charge in [0.2, 0.25) is 11.8 Å². The minimum atomic E-state index is -0.592. The number of nitrogens with zero attached hydrogens (tertiary/aromatic N) is 3. The van der Waals surface area contributed by atoms with Crippen molar-refractivity contribution in [3.8, 4) is 11.6 Å². The van der Waals surface area contributed by atoms with Crippen LogP contribution in [0.25, 0.3) is 5.82 Å². The second-order valence-electron chi connectivity index (χ2n) is 11.3. The Balaban J connectivity index is 1.27. The first-order chi connectivity index (χ1) is 19.4. The number of hydrogen-bond donors (Lipinski definition) is 2. The van der Waals surface area contributed by atoms with E-state index in [0.29, 0.717) is 13.2 Å². The highest BCUT2D eigenvalue weighted by Crippen LogP contribution is 2.38. The first-order valence-corrected chi connectivity index (χ1v) is 14.5. The maximum Gasteiger partial charge on any atom is 0.242 e. The molecule has 2 amide bonds. The Morgan fingerprint density at radius 1 is 1.02 bits per heavy atom. The lowest BCUT2D eigenvalue weighted by atomic mass is 9.73. The van der Waals surface area contributed by atoms with Crippen LogP contribution in [0.3, 0.4) is 0 Å². The number of rotatable bonds is 3. The summed E-state index contributed by atoms with van der Waals surface area (Å²) in [6.07, 6.45) is 9.16. The highest BCUT2D eigenvalue weighted by atomic mass is 16.5. The van der Waals surface area contributed by atoms with E-state index in [4.69, 9.17) is 4.74 Å². The predicted octanol–water partition coefficient (Wildman–Crippen LogP) is 4.19. The standard InChI is InChI=1S/C32H41N5O3/c1-24-12-13-29(34-22-24)37-18-7-10-27(37)23-36-19-15-32(16-20-36)14-6-5-9-26-8-3-4-11-28(26)40-21-17-33-30(38)25(2)35-31(32)39/h3-4,7-8,10-13,18,22,25H,5-6,9,14-17,19-21,23H2,1-2H3,(H,33,38)(H,35,39)/t25-/m0/s1. The second kappa shape index (κ2) is 12.7. The third-order valence-corrected chi connectivity index (χ3v) is 8.38. The molecule has 0 unspecified atom stereocenters. The fourth-order valence-corrected chi connectivity index (χ4v) is 5.86. The van der Waals surface area contributed by atoms with E-state index in [1.807, 2.05) is 37.4 Å². The lowest BCUT2D eigenvalue weighted by Crippen LogP contribution is -2.53. The SMILES string of the molecule is Cc1ccc(-n2cccc2CN2CCC3(CCCCc4ccccc4OCCNC(=O)[C@H](C)NC3=O)CC2)nc1. The summed E-state index contributed by atoms with van der Waals surface area (Å²) in [6.45, 7) is 7.06. The zero-order valence-corrected chi connectivity index (χ0v) is 23.7. The average molecular weight is 544 g/mol. The smallest absolute Gasteiger partial charge is 0.242 e. The van der Waals surface area contributed by atoms with Crippen molar-refractivity contribution in [3.05, 3.63) is 77.7 Å². The zero-order chi connectivity index (χ0) is 28.0. The van der Waals surface area contributed by atoms with Gasteiger partial charge in [0.15, 0.2) is 0 Å². The van der Waals surface area contributed by atoms with E-state index in [-0.39, 0.29) is 11.8 Å². The summed E-state index contributed by atoms with van der Waals surface area (Å²) in [7, 11) is 0. The van der Waals surface area contributed by atoms with Crippen molar-refractivity contribution in [2.75, 3.05) is 26.2 Å². The van der Waals surface area contributed by atoms with E-state index in [1.54, 1.807) is 6.92 Å². The van der Waals surface area contributed by atoms with Crippen LogP contribution in [0.5, 0.6) is 5.75 Å². The molecular weight excluding hydrogens is 502 g/mol. The normalized spacial score (nSPS) is 20.9. The van der Waals surface area contributed by atoms with Crippen molar-refractivity contribution in [2.24, 2.45) is 5.41 Å². The predicted molar refractivity (Wildman–Crippen MR) is 155 cm³/mol. The van der Waals surface area contributed by atoms with Crippen LogP contribution in [0.4, 0.5) is 0 Å². The summed E-state index contributed by atoms with van der Waals surface area (Å²) in [4.78, 5) is 33.5. The van der Waals surface area contributed by atoms with Crippen LogP contribution in [0.15, 0.2) is 60.9 Å². The Hall–Kier alpha value is -3.65. The molecule has 1 saturated heterocycles.